The van der Waals surface area contributed by atoms with Gasteiger partial charge in [-0.25, -0.2) is 4.39 Å². The first-order valence-electron chi connectivity index (χ1n) is 5.45. The summed E-state index contributed by atoms with van der Waals surface area (Å²) in [6.07, 6.45) is 2.78. The van der Waals surface area contributed by atoms with E-state index in [4.69, 9.17) is 4.74 Å². The Morgan fingerprint density at radius 1 is 1.25 bits per heavy atom. The zero-order valence-corrected chi connectivity index (χ0v) is 8.75. The van der Waals surface area contributed by atoms with Gasteiger partial charge in [-0.15, -0.1) is 0 Å². The Hall–Kier alpha value is -1.64. The van der Waals surface area contributed by atoms with Gasteiger partial charge in [0.1, 0.15) is 17.3 Å². The van der Waals surface area contributed by atoms with Crippen molar-refractivity contribution in [3.8, 4) is 5.75 Å². The van der Waals surface area contributed by atoms with E-state index >= 15 is 0 Å². The number of rotatable bonds is 0. The fraction of sp³-hybridized carbons (Fsp3) is 0.308. The fourth-order valence-electron chi connectivity index (χ4n) is 2.29. The van der Waals surface area contributed by atoms with Crippen LogP contribution in [0.25, 0.3) is 0 Å². The molecule has 1 heterocycles. The number of carbonyl (C=O) groups is 1. The third-order valence-electron chi connectivity index (χ3n) is 3.10. The molecule has 0 amide bonds. The van der Waals surface area contributed by atoms with Crippen LogP contribution in [0.3, 0.4) is 0 Å². The van der Waals surface area contributed by atoms with Gasteiger partial charge in [0.2, 0.25) is 0 Å². The summed E-state index contributed by atoms with van der Waals surface area (Å²) >= 11 is 0. The molecule has 0 saturated carbocycles. The average Bonchev–Trinajstić information content (AvgIpc) is 2.28. The zero-order valence-electron chi connectivity index (χ0n) is 8.75. The zero-order chi connectivity index (χ0) is 11.1. The Labute approximate surface area is 92.7 Å². The summed E-state index contributed by atoms with van der Waals surface area (Å²) in [6.45, 7) is 0. The van der Waals surface area contributed by atoms with Crippen molar-refractivity contribution in [2.24, 2.45) is 0 Å². The Morgan fingerprint density at radius 3 is 3.00 bits per heavy atom. The molecule has 16 heavy (non-hydrogen) atoms. The summed E-state index contributed by atoms with van der Waals surface area (Å²) in [5.41, 5.74) is 1.51. The summed E-state index contributed by atoms with van der Waals surface area (Å²) in [5.74, 6) is 1.34. The largest absolute Gasteiger partial charge is 0.461 e. The number of hydrogen-bond acceptors (Lipinski definition) is 2. The van der Waals surface area contributed by atoms with E-state index in [1.54, 1.807) is 6.07 Å². The molecule has 0 N–H and O–H groups in total. The molecule has 0 unspecified atom stereocenters. The fourth-order valence-corrected chi connectivity index (χ4v) is 2.29. The minimum atomic E-state index is -0.283. The molecule has 2 aliphatic rings. The van der Waals surface area contributed by atoms with E-state index in [-0.39, 0.29) is 11.6 Å². The molecule has 82 valence electrons. The molecule has 0 spiro atoms. The van der Waals surface area contributed by atoms with E-state index in [9.17, 15) is 9.18 Å². The Kier molecular flexibility index (Phi) is 2.06. The second-order valence-electron chi connectivity index (χ2n) is 4.21. The lowest BCUT2D eigenvalue weighted by atomic mass is 9.89. The van der Waals surface area contributed by atoms with E-state index in [1.807, 2.05) is 0 Å². The van der Waals surface area contributed by atoms with Crippen molar-refractivity contribution >= 4 is 5.78 Å². The van der Waals surface area contributed by atoms with Gasteiger partial charge < -0.3 is 4.74 Å². The maximum absolute atomic E-state index is 13.1. The van der Waals surface area contributed by atoms with Crippen LogP contribution in [-0.4, -0.2) is 5.78 Å². The van der Waals surface area contributed by atoms with Crippen LogP contribution in [0.15, 0.2) is 29.5 Å². The Bertz CT molecular complexity index is 503. The third-order valence-corrected chi connectivity index (χ3v) is 3.10. The standard InChI is InChI=1S/C13H11FO2/c14-9-4-5-12-8(6-9)7-10-11(15)2-1-3-13(10)16-12/h4-6H,1-3,7H2. The monoisotopic (exact) mass is 218 g/mol. The van der Waals surface area contributed by atoms with E-state index in [2.05, 4.69) is 0 Å². The van der Waals surface area contributed by atoms with Gasteiger partial charge in [-0.3, -0.25) is 4.79 Å². The SMILES string of the molecule is O=C1CCCC2=C1Cc1cc(F)ccc1O2. The predicted molar refractivity (Wildman–Crippen MR) is 56.6 cm³/mol. The second-order valence-corrected chi connectivity index (χ2v) is 4.21. The summed E-state index contributed by atoms with van der Waals surface area (Å²) in [5, 5.41) is 0. The number of allylic oxidation sites excluding steroid dienone is 2. The quantitative estimate of drug-likeness (QED) is 0.669. The highest BCUT2D eigenvalue weighted by molar-refractivity contribution is 5.97. The summed E-state index contributed by atoms with van der Waals surface area (Å²) in [7, 11) is 0. The highest BCUT2D eigenvalue weighted by Gasteiger charge is 2.27. The summed E-state index contributed by atoms with van der Waals surface area (Å²) in [4.78, 5) is 11.7. The molecule has 3 heteroatoms. The Morgan fingerprint density at radius 2 is 2.12 bits per heavy atom. The number of hydrogen-bond donors (Lipinski definition) is 0. The molecule has 0 aromatic heterocycles. The first-order valence-corrected chi connectivity index (χ1v) is 5.45. The van der Waals surface area contributed by atoms with E-state index in [0.29, 0.717) is 18.6 Å². The second kappa shape index (κ2) is 3.44. The lowest BCUT2D eigenvalue weighted by molar-refractivity contribution is -0.116. The van der Waals surface area contributed by atoms with Crippen LogP contribution in [0.2, 0.25) is 0 Å². The molecule has 0 fully saturated rings. The van der Waals surface area contributed by atoms with Crippen molar-refractivity contribution in [2.45, 2.75) is 25.7 Å². The van der Waals surface area contributed by atoms with E-state index < -0.39 is 0 Å². The smallest absolute Gasteiger partial charge is 0.162 e. The maximum atomic E-state index is 13.1. The maximum Gasteiger partial charge on any atom is 0.162 e. The van der Waals surface area contributed by atoms with Crippen molar-refractivity contribution in [3.63, 3.8) is 0 Å². The number of ether oxygens (including phenoxy) is 1. The first-order chi connectivity index (χ1) is 7.74. The molecule has 1 aliphatic heterocycles. The molecule has 3 rings (SSSR count). The molecule has 1 aliphatic carbocycles. The summed E-state index contributed by atoms with van der Waals surface area (Å²) in [6, 6.07) is 4.46. The lowest BCUT2D eigenvalue weighted by Crippen LogP contribution is -2.20. The molecule has 2 nitrogen and oxygen atoms in total. The third kappa shape index (κ3) is 1.43. The molecule has 0 radical (unpaired) electrons. The van der Waals surface area contributed by atoms with Crippen LogP contribution in [0.5, 0.6) is 5.75 Å². The van der Waals surface area contributed by atoms with Gasteiger partial charge in [-0.2, -0.15) is 0 Å². The van der Waals surface area contributed by atoms with Crippen LogP contribution in [0.4, 0.5) is 4.39 Å². The van der Waals surface area contributed by atoms with Gasteiger partial charge in [-0.05, 0) is 24.6 Å². The van der Waals surface area contributed by atoms with E-state index in [0.717, 1.165) is 29.7 Å². The minimum Gasteiger partial charge on any atom is -0.461 e. The molecule has 1 aromatic carbocycles. The molecule has 0 bridgehead atoms. The van der Waals surface area contributed by atoms with Crippen molar-refractivity contribution in [1.29, 1.82) is 0 Å². The molecule has 0 saturated heterocycles. The number of Topliss-reactive ketones (excluding diaryl/α,β-unsaturated/α-hetero) is 1. The normalized spacial score (nSPS) is 18.9. The molecular formula is C13H11FO2. The highest BCUT2D eigenvalue weighted by Crippen LogP contribution is 2.35. The molecular weight excluding hydrogens is 207 g/mol. The predicted octanol–water partition coefficient (Wildman–Crippen LogP) is 2.77. The van der Waals surface area contributed by atoms with Crippen LogP contribution in [0, 0.1) is 5.82 Å². The van der Waals surface area contributed by atoms with Gasteiger partial charge in [0.25, 0.3) is 0 Å². The average molecular weight is 218 g/mol. The topological polar surface area (TPSA) is 26.3 Å². The Balaban J connectivity index is 2.04. The molecule has 0 atom stereocenters. The number of ketones is 1. The lowest BCUT2D eigenvalue weighted by Gasteiger charge is -2.25. The van der Waals surface area contributed by atoms with Crippen LogP contribution in [-0.2, 0) is 11.2 Å². The number of carbonyl (C=O) groups excluding carboxylic acids is 1. The minimum absolute atomic E-state index is 0.149. The number of benzene rings is 1. The number of halogens is 1. The van der Waals surface area contributed by atoms with Crippen LogP contribution >= 0.6 is 0 Å². The van der Waals surface area contributed by atoms with Crippen molar-refractivity contribution in [1.82, 2.24) is 0 Å². The van der Waals surface area contributed by atoms with E-state index in [1.165, 1.54) is 12.1 Å². The van der Waals surface area contributed by atoms with Crippen molar-refractivity contribution in [3.05, 3.63) is 40.9 Å². The van der Waals surface area contributed by atoms with Gasteiger partial charge in [0, 0.05) is 30.4 Å². The van der Waals surface area contributed by atoms with Gasteiger partial charge in [0.05, 0.1) is 0 Å². The van der Waals surface area contributed by atoms with Crippen LogP contribution in [0.1, 0.15) is 24.8 Å². The van der Waals surface area contributed by atoms with Gasteiger partial charge >= 0.3 is 0 Å². The van der Waals surface area contributed by atoms with Crippen molar-refractivity contribution in [2.75, 3.05) is 0 Å². The first kappa shape index (κ1) is 9.58. The van der Waals surface area contributed by atoms with Gasteiger partial charge in [-0.1, -0.05) is 0 Å². The highest BCUT2D eigenvalue weighted by atomic mass is 19.1. The van der Waals surface area contributed by atoms with Gasteiger partial charge in [0.15, 0.2) is 5.78 Å². The number of fused-ring (bicyclic) bond motifs is 1. The van der Waals surface area contributed by atoms with Crippen LogP contribution < -0.4 is 4.74 Å². The summed E-state index contributed by atoms with van der Waals surface area (Å²) < 4.78 is 18.7. The van der Waals surface area contributed by atoms with Crippen molar-refractivity contribution < 1.29 is 13.9 Å². The molecule has 1 aromatic rings.